The molecule has 0 heterocycles. The third kappa shape index (κ3) is 47.8. The molecule has 0 fully saturated rings. The van der Waals surface area contributed by atoms with Crippen LogP contribution in [-0.4, -0.2) is 46.9 Å². The maximum atomic E-state index is 13.3. The standard InChI is InChI=1S/C60H107NO5/c1-4-7-10-13-16-19-22-25-28-31-33-36-39-42-45-48-51-56(66-60(65)53-50-47-44-41-38-35-32-29-26-23-20-17-14-11-8-5-2)54-59(64)61-57(55-62)58(63)52-49-46-43-40-37-34-30-27-24-21-18-15-12-9-6-3/h8,11,17,20,26,28-29,31,33,35-36,38,56-58,62-63H,4-7,9-10,12-16,18-19,21-25,27,30,32,34,37,39-55H2,1-3H3,(H,61,64)/b11-8+,20-17+,29-26+,31-28+,36-33+,38-35+. The van der Waals surface area contributed by atoms with Crippen molar-refractivity contribution in [3.05, 3.63) is 72.9 Å². The van der Waals surface area contributed by atoms with Crippen LogP contribution in [0.2, 0.25) is 0 Å². The topological polar surface area (TPSA) is 95.9 Å². The summed E-state index contributed by atoms with van der Waals surface area (Å²) < 4.78 is 5.93. The van der Waals surface area contributed by atoms with Gasteiger partial charge in [-0.05, 0) is 89.9 Å². The Labute approximate surface area is 409 Å². The van der Waals surface area contributed by atoms with Gasteiger partial charge in [0.2, 0.25) is 5.91 Å². The van der Waals surface area contributed by atoms with E-state index < -0.39 is 18.2 Å². The molecule has 0 rings (SSSR count). The molecular weight excluding hydrogens is 815 g/mol. The predicted molar refractivity (Wildman–Crippen MR) is 287 cm³/mol. The van der Waals surface area contributed by atoms with E-state index in [1.165, 1.54) is 122 Å². The Kier molecular flexibility index (Phi) is 51.1. The van der Waals surface area contributed by atoms with E-state index in [1.54, 1.807) is 0 Å². The predicted octanol–water partition coefficient (Wildman–Crippen LogP) is 17.3. The quantitative estimate of drug-likeness (QED) is 0.0244. The molecule has 6 heteroatoms. The van der Waals surface area contributed by atoms with E-state index in [2.05, 4.69) is 99.0 Å². The van der Waals surface area contributed by atoms with Gasteiger partial charge >= 0.3 is 5.97 Å². The van der Waals surface area contributed by atoms with Gasteiger partial charge in [0.05, 0.1) is 25.2 Å². The number of carbonyl (C=O) groups is 2. The fourth-order valence-electron chi connectivity index (χ4n) is 8.30. The first-order valence-electron chi connectivity index (χ1n) is 28.2. The van der Waals surface area contributed by atoms with Gasteiger partial charge in [0, 0.05) is 6.42 Å². The molecule has 3 unspecified atom stereocenters. The fraction of sp³-hybridized carbons (Fsp3) is 0.767. The van der Waals surface area contributed by atoms with Gasteiger partial charge in [0.15, 0.2) is 0 Å². The Bertz CT molecular complexity index is 1220. The highest BCUT2D eigenvalue weighted by atomic mass is 16.5. The number of carbonyl (C=O) groups excluding carboxylic acids is 2. The number of esters is 1. The van der Waals surface area contributed by atoms with E-state index in [-0.39, 0.29) is 24.9 Å². The largest absolute Gasteiger partial charge is 0.462 e. The van der Waals surface area contributed by atoms with Crippen LogP contribution in [0, 0.1) is 0 Å². The molecule has 0 aliphatic heterocycles. The number of amides is 1. The molecule has 0 aromatic carbocycles. The normalized spacial score (nSPS) is 13.7. The molecule has 66 heavy (non-hydrogen) atoms. The summed E-state index contributed by atoms with van der Waals surface area (Å²) in [6.45, 7) is 6.37. The summed E-state index contributed by atoms with van der Waals surface area (Å²) >= 11 is 0. The molecule has 0 saturated carbocycles. The lowest BCUT2D eigenvalue weighted by Crippen LogP contribution is -2.46. The van der Waals surface area contributed by atoms with Crippen LogP contribution in [0.3, 0.4) is 0 Å². The zero-order chi connectivity index (χ0) is 48.1. The van der Waals surface area contributed by atoms with Crippen molar-refractivity contribution in [2.45, 2.75) is 289 Å². The molecule has 0 aromatic heterocycles. The Morgan fingerprint density at radius 3 is 1.35 bits per heavy atom. The molecule has 0 aliphatic rings. The van der Waals surface area contributed by atoms with Gasteiger partial charge in [-0.3, -0.25) is 9.59 Å². The Morgan fingerprint density at radius 2 is 0.864 bits per heavy atom. The average molecular weight is 923 g/mol. The van der Waals surface area contributed by atoms with Crippen LogP contribution in [0.1, 0.15) is 271 Å². The van der Waals surface area contributed by atoms with Crippen LogP contribution in [-0.2, 0) is 14.3 Å². The lowest BCUT2D eigenvalue weighted by atomic mass is 10.0. The van der Waals surface area contributed by atoms with Gasteiger partial charge in [-0.15, -0.1) is 0 Å². The van der Waals surface area contributed by atoms with Crippen molar-refractivity contribution in [2.24, 2.45) is 0 Å². The number of hydrogen-bond donors (Lipinski definition) is 3. The molecule has 382 valence electrons. The van der Waals surface area contributed by atoms with E-state index in [9.17, 15) is 19.8 Å². The van der Waals surface area contributed by atoms with Crippen molar-refractivity contribution in [3.8, 4) is 0 Å². The highest BCUT2D eigenvalue weighted by Gasteiger charge is 2.24. The van der Waals surface area contributed by atoms with Crippen molar-refractivity contribution in [1.29, 1.82) is 0 Å². The summed E-state index contributed by atoms with van der Waals surface area (Å²) in [5, 5.41) is 23.9. The number of hydrogen-bond acceptors (Lipinski definition) is 5. The second-order valence-corrected chi connectivity index (χ2v) is 19.0. The molecule has 3 N–H and O–H groups in total. The molecular formula is C60H107NO5. The van der Waals surface area contributed by atoms with Crippen LogP contribution < -0.4 is 5.32 Å². The smallest absolute Gasteiger partial charge is 0.306 e. The van der Waals surface area contributed by atoms with E-state index in [0.29, 0.717) is 19.3 Å². The first-order chi connectivity index (χ1) is 32.5. The van der Waals surface area contributed by atoms with Gasteiger partial charge in [0.1, 0.15) is 6.10 Å². The third-order valence-corrected chi connectivity index (χ3v) is 12.5. The van der Waals surface area contributed by atoms with Gasteiger partial charge in [-0.2, -0.15) is 0 Å². The van der Waals surface area contributed by atoms with Gasteiger partial charge in [-0.1, -0.05) is 241 Å². The Morgan fingerprint density at radius 1 is 0.470 bits per heavy atom. The van der Waals surface area contributed by atoms with E-state index in [0.717, 1.165) is 103 Å². The summed E-state index contributed by atoms with van der Waals surface area (Å²) in [7, 11) is 0. The van der Waals surface area contributed by atoms with Crippen LogP contribution in [0.5, 0.6) is 0 Å². The lowest BCUT2D eigenvalue weighted by Gasteiger charge is -2.24. The van der Waals surface area contributed by atoms with Crippen molar-refractivity contribution >= 4 is 11.9 Å². The van der Waals surface area contributed by atoms with Crippen LogP contribution in [0.25, 0.3) is 0 Å². The zero-order valence-corrected chi connectivity index (χ0v) is 43.6. The number of nitrogens with one attached hydrogen (secondary N) is 1. The number of rotatable bonds is 50. The van der Waals surface area contributed by atoms with Gasteiger partial charge in [-0.25, -0.2) is 0 Å². The molecule has 0 radical (unpaired) electrons. The van der Waals surface area contributed by atoms with E-state index in [1.807, 2.05) is 0 Å². The van der Waals surface area contributed by atoms with Crippen LogP contribution in [0.15, 0.2) is 72.9 Å². The first-order valence-corrected chi connectivity index (χ1v) is 28.2. The van der Waals surface area contributed by atoms with Gasteiger partial charge in [0.25, 0.3) is 0 Å². The van der Waals surface area contributed by atoms with E-state index >= 15 is 0 Å². The third-order valence-electron chi connectivity index (χ3n) is 12.5. The van der Waals surface area contributed by atoms with E-state index in [4.69, 9.17) is 4.74 Å². The highest BCUT2D eigenvalue weighted by molar-refractivity contribution is 5.77. The lowest BCUT2D eigenvalue weighted by molar-refractivity contribution is -0.151. The maximum Gasteiger partial charge on any atom is 0.306 e. The first kappa shape index (κ1) is 63.3. The fourth-order valence-corrected chi connectivity index (χ4v) is 8.30. The highest BCUT2D eigenvalue weighted by Crippen LogP contribution is 2.17. The minimum atomic E-state index is -0.804. The van der Waals surface area contributed by atoms with Crippen LogP contribution >= 0.6 is 0 Å². The van der Waals surface area contributed by atoms with Crippen molar-refractivity contribution in [2.75, 3.05) is 6.61 Å². The number of ether oxygens (including phenoxy) is 1. The maximum absolute atomic E-state index is 13.3. The molecule has 0 aromatic rings. The molecule has 0 spiro atoms. The zero-order valence-electron chi connectivity index (χ0n) is 43.6. The minimum absolute atomic E-state index is 0.0448. The van der Waals surface area contributed by atoms with Gasteiger partial charge < -0.3 is 20.3 Å². The van der Waals surface area contributed by atoms with Crippen molar-refractivity contribution in [1.82, 2.24) is 5.32 Å². The molecule has 0 bridgehead atoms. The van der Waals surface area contributed by atoms with Crippen molar-refractivity contribution in [3.63, 3.8) is 0 Å². The summed E-state index contributed by atoms with van der Waals surface area (Å²) in [4.78, 5) is 26.2. The number of allylic oxidation sites excluding steroid dienone is 12. The average Bonchev–Trinajstić information content (AvgIpc) is 3.31. The molecule has 3 atom stereocenters. The van der Waals surface area contributed by atoms with Crippen LogP contribution in [0.4, 0.5) is 0 Å². The SMILES string of the molecule is CC/C=C/C/C=C/C/C=C/C/C=C/CCCCCC(=O)OC(CCCCC/C=C/C=C/CCCCCCCCC)CC(=O)NC(CO)C(O)CCCCCCCCCCCCCCCCC. The molecule has 1 amide bonds. The number of unbranched alkanes of at least 4 members (excludes halogenated alkanes) is 27. The second-order valence-electron chi connectivity index (χ2n) is 19.0. The Balaban J connectivity index is 4.67. The summed E-state index contributed by atoms with van der Waals surface area (Å²) in [6.07, 6.45) is 68.2. The summed E-state index contributed by atoms with van der Waals surface area (Å²) in [6, 6.07) is -0.720. The second kappa shape index (κ2) is 53.3. The van der Waals surface area contributed by atoms with Crippen molar-refractivity contribution < 1.29 is 24.5 Å². The summed E-state index contributed by atoms with van der Waals surface area (Å²) in [5.74, 6) is -0.534. The number of aliphatic hydroxyl groups is 2. The number of aliphatic hydroxyl groups excluding tert-OH is 2. The molecule has 0 aliphatic carbocycles. The monoisotopic (exact) mass is 922 g/mol. The Hall–Kier alpha value is -2.70. The minimum Gasteiger partial charge on any atom is -0.462 e. The summed E-state index contributed by atoms with van der Waals surface area (Å²) in [5.41, 5.74) is 0. The molecule has 6 nitrogen and oxygen atoms in total. The molecule has 0 saturated heterocycles.